The molecule has 1 aromatic heterocycles. The molecule has 96 valence electrons. The summed E-state index contributed by atoms with van der Waals surface area (Å²) in [4.78, 5) is 9.06. The van der Waals surface area contributed by atoms with E-state index in [0.29, 0.717) is 6.61 Å². The third-order valence-electron chi connectivity index (χ3n) is 2.77. The average Bonchev–Trinajstić information content (AvgIpc) is 2.28. The summed E-state index contributed by atoms with van der Waals surface area (Å²) in [6.07, 6.45) is -0.0365. The second-order valence-corrected chi connectivity index (χ2v) is 4.11. The van der Waals surface area contributed by atoms with Crippen LogP contribution in [0.1, 0.15) is 49.7 Å². The lowest BCUT2D eigenvalue weighted by molar-refractivity contribution is 0.0697. The predicted molar refractivity (Wildman–Crippen MR) is 68.9 cm³/mol. The molecule has 1 rings (SSSR count). The monoisotopic (exact) mass is 237 g/mol. The Kier molecular flexibility index (Phi) is 5.51. The van der Waals surface area contributed by atoms with Gasteiger partial charge in [-0.3, -0.25) is 0 Å². The summed E-state index contributed by atoms with van der Waals surface area (Å²) in [6.45, 7) is 12.6. The highest BCUT2D eigenvalue weighted by molar-refractivity contribution is 5.24. The smallest absolute Gasteiger partial charge is 0.157 e. The highest BCUT2D eigenvalue weighted by Gasteiger charge is 2.13. The molecule has 0 aliphatic heterocycles. The molecule has 1 aromatic rings. The van der Waals surface area contributed by atoms with E-state index in [0.717, 1.165) is 30.3 Å². The molecule has 4 heteroatoms. The van der Waals surface area contributed by atoms with Gasteiger partial charge in [-0.25, -0.2) is 9.97 Å². The van der Waals surface area contributed by atoms with Gasteiger partial charge in [0.15, 0.2) is 5.82 Å². The van der Waals surface area contributed by atoms with Crippen LogP contribution in [0, 0.1) is 13.8 Å². The Morgan fingerprint density at radius 2 is 1.76 bits per heavy atom. The van der Waals surface area contributed by atoms with Crippen molar-refractivity contribution in [1.82, 2.24) is 15.3 Å². The molecule has 1 N–H and O–H groups in total. The number of nitrogens with one attached hydrogen (secondary N) is 1. The molecule has 0 aromatic carbocycles. The molecule has 0 bridgehead atoms. The van der Waals surface area contributed by atoms with Crippen LogP contribution < -0.4 is 5.32 Å². The van der Waals surface area contributed by atoms with Crippen LogP contribution in [0.2, 0.25) is 0 Å². The molecule has 17 heavy (non-hydrogen) atoms. The minimum atomic E-state index is -0.0365. The van der Waals surface area contributed by atoms with E-state index < -0.39 is 0 Å². The number of aryl methyl sites for hydroxylation is 2. The standard InChI is InChI=1S/C13H23N3O/c1-6-14-8-12-9(3)15-13(16-10(12)4)11(5)17-7-2/h11,14H,6-8H2,1-5H3. The van der Waals surface area contributed by atoms with E-state index in [1.54, 1.807) is 0 Å². The van der Waals surface area contributed by atoms with Gasteiger partial charge in [-0.05, 0) is 34.2 Å². The number of hydrogen-bond donors (Lipinski definition) is 1. The summed E-state index contributed by atoms with van der Waals surface area (Å²) < 4.78 is 5.52. The lowest BCUT2D eigenvalue weighted by Crippen LogP contribution is -2.17. The van der Waals surface area contributed by atoms with Crippen molar-refractivity contribution in [2.45, 2.75) is 47.3 Å². The summed E-state index contributed by atoms with van der Waals surface area (Å²) in [5.41, 5.74) is 3.28. The fourth-order valence-electron chi connectivity index (χ4n) is 1.78. The van der Waals surface area contributed by atoms with E-state index in [-0.39, 0.29) is 6.10 Å². The van der Waals surface area contributed by atoms with Crippen LogP contribution in [0.15, 0.2) is 0 Å². The minimum absolute atomic E-state index is 0.0365. The van der Waals surface area contributed by atoms with Crippen LogP contribution in [-0.2, 0) is 11.3 Å². The number of hydrogen-bond acceptors (Lipinski definition) is 4. The molecule has 1 unspecified atom stereocenters. The Morgan fingerprint density at radius 1 is 1.18 bits per heavy atom. The molecule has 0 saturated heterocycles. The Hall–Kier alpha value is -1.00. The highest BCUT2D eigenvalue weighted by atomic mass is 16.5. The normalized spacial score (nSPS) is 12.8. The predicted octanol–water partition coefficient (Wildman–Crippen LogP) is 2.30. The molecule has 1 heterocycles. The number of ether oxygens (including phenoxy) is 1. The van der Waals surface area contributed by atoms with Crippen LogP contribution in [0.25, 0.3) is 0 Å². The van der Waals surface area contributed by atoms with E-state index in [2.05, 4.69) is 22.2 Å². The molecule has 0 aliphatic rings. The first-order valence-electron chi connectivity index (χ1n) is 6.26. The van der Waals surface area contributed by atoms with E-state index in [1.807, 2.05) is 27.7 Å². The third kappa shape index (κ3) is 3.75. The third-order valence-corrected chi connectivity index (χ3v) is 2.77. The van der Waals surface area contributed by atoms with Crippen LogP contribution in [0.5, 0.6) is 0 Å². The highest BCUT2D eigenvalue weighted by Crippen LogP contribution is 2.16. The summed E-state index contributed by atoms with van der Waals surface area (Å²) in [5, 5.41) is 3.31. The zero-order valence-corrected chi connectivity index (χ0v) is 11.5. The Balaban J connectivity index is 2.92. The van der Waals surface area contributed by atoms with Gasteiger partial charge >= 0.3 is 0 Å². The average molecular weight is 237 g/mol. The van der Waals surface area contributed by atoms with Crippen molar-refractivity contribution in [3.63, 3.8) is 0 Å². The van der Waals surface area contributed by atoms with Gasteiger partial charge in [-0.1, -0.05) is 6.92 Å². The van der Waals surface area contributed by atoms with Crippen molar-refractivity contribution in [3.8, 4) is 0 Å². The van der Waals surface area contributed by atoms with Crippen molar-refractivity contribution in [1.29, 1.82) is 0 Å². The quantitative estimate of drug-likeness (QED) is 0.824. The maximum atomic E-state index is 5.52. The van der Waals surface area contributed by atoms with Crippen molar-refractivity contribution < 1.29 is 4.74 Å². The molecule has 0 fully saturated rings. The van der Waals surface area contributed by atoms with Crippen LogP contribution in [0.3, 0.4) is 0 Å². The van der Waals surface area contributed by atoms with Crippen LogP contribution >= 0.6 is 0 Å². The summed E-state index contributed by atoms with van der Waals surface area (Å²) in [6, 6.07) is 0. The fraction of sp³-hybridized carbons (Fsp3) is 0.692. The molecular weight excluding hydrogens is 214 g/mol. The van der Waals surface area contributed by atoms with E-state index in [1.165, 1.54) is 5.56 Å². The minimum Gasteiger partial charge on any atom is -0.371 e. The zero-order valence-electron chi connectivity index (χ0n) is 11.5. The maximum Gasteiger partial charge on any atom is 0.157 e. The Bertz CT molecular complexity index is 343. The second-order valence-electron chi connectivity index (χ2n) is 4.11. The van der Waals surface area contributed by atoms with Gasteiger partial charge in [-0.2, -0.15) is 0 Å². The lowest BCUT2D eigenvalue weighted by atomic mass is 10.1. The van der Waals surface area contributed by atoms with Gasteiger partial charge < -0.3 is 10.1 Å². The van der Waals surface area contributed by atoms with Gasteiger partial charge in [0.05, 0.1) is 0 Å². The van der Waals surface area contributed by atoms with Crippen molar-refractivity contribution in [3.05, 3.63) is 22.8 Å². The van der Waals surface area contributed by atoms with Crippen molar-refractivity contribution >= 4 is 0 Å². The van der Waals surface area contributed by atoms with Crippen molar-refractivity contribution in [2.75, 3.05) is 13.2 Å². The van der Waals surface area contributed by atoms with Gasteiger partial charge in [0.25, 0.3) is 0 Å². The van der Waals surface area contributed by atoms with Crippen LogP contribution in [-0.4, -0.2) is 23.1 Å². The molecule has 0 radical (unpaired) electrons. The number of rotatable bonds is 6. The van der Waals surface area contributed by atoms with E-state index in [9.17, 15) is 0 Å². The maximum absolute atomic E-state index is 5.52. The Morgan fingerprint density at radius 3 is 2.24 bits per heavy atom. The van der Waals surface area contributed by atoms with Crippen molar-refractivity contribution in [2.24, 2.45) is 0 Å². The second kappa shape index (κ2) is 6.67. The summed E-state index contributed by atoms with van der Waals surface area (Å²) in [7, 11) is 0. The molecule has 0 saturated carbocycles. The summed E-state index contributed by atoms with van der Waals surface area (Å²) >= 11 is 0. The van der Waals surface area contributed by atoms with Crippen LogP contribution in [0.4, 0.5) is 0 Å². The van der Waals surface area contributed by atoms with E-state index in [4.69, 9.17) is 4.74 Å². The molecule has 0 spiro atoms. The first-order valence-corrected chi connectivity index (χ1v) is 6.26. The Labute approximate surface area is 104 Å². The zero-order chi connectivity index (χ0) is 12.8. The fourth-order valence-corrected chi connectivity index (χ4v) is 1.78. The largest absolute Gasteiger partial charge is 0.371 e. The number of nitrogens with zero attached hydrogens (tertiary/aromatic N) is 2. The van der Waals surface area contributed by atoms with Gasteiger partial charge in [0, 0.05) is 30.1 Å². The topological polar surface area (TPSA) is 47.0 Å². The first kappa shape index (κ1) is 14.1. The molecule has 4 nitrogen and oxygen atoms in total. The number of aromatic nitrogens is 2. The summed E-state index contributed by atoms with van der Waals surface area (Å²) in [5.74, 6) is 0.780. The molecule has 0 aliphatic carbocycles. The van der Waals surface area contributed by atoms with Gasteiger partial charge in [0.1, 0.15) is 6.10 Å². The molecule has 1 atom stereocenters. The molecule has 0 amide bonds. The van der Waals surface area contributed by atoms with Gasteiger partial charge in [-0.15, -0.1) is 0 Å². The van der Waals surface area contributed by atoms with Gasteiger partial charge in [0.2, 0.25) is 0 Å². The molecular formula is C13H23N3O. The van der Waals surface area contributed by atoms with E-state index >= 15 is 0 Å². The SMILES string of the molecule is CCNCc1c(C)nc(C(C)OCC)nc1C. The lowest BCUT2D eigenvalue weighted by Gasteiger charge is -2.15. The first-order chi connectivity index (χ1) is 8.10.